The number of aromatic nitrogens is 2. The van der Waals surface area contributed by atoms with Crippen LogP contribution < -0.4 is 5.56 Å². The minimum atomic E-state index is -0.298. The van der Waals surface area contributed by atoms with Crippen LogP contribution in [0.25, 0.3) is 33.3 Å². The lowest BCUT2D eigenvalue weighted by Crippen LogP contribution is -2.24. The predicted octanol–water partition coefficient (Wildman–Crippen LogP) is 5.66. The number of nitriles is 1. The maximum Gasteiger partial charge on any atom is 0.264 e. The maximum atomic E-state index is 13.6. The number of pyridine rings is 2. The van der Waals surface area contributed by atoms with Crippen LogP contribution in [0, 0.1) is 18.3 Å². The summed E-state index contributed by atoms with van der Waals surface area (Å²) in [5.41, 5.74) is 5.15. The summed E-state index contributed by atoms with van der Waals surface area (Å²) in [7, 11) is 0. The van der Waals surface area contributed by atoms with Gasteiger partial charge in [0.15, 0.2) is 0 Å². The predicted molar refractivity (Wildman–Crippen MR) is 134 cm³/mol. The van der Waals surface area contributed by atoms with Gasteiger partial charge in [-0.05, 0) is 47.4 Å². The summed E-state index contributed by atoms with van der Waals surface area (Å²) in [6.45, 7) is 2.16. The Morgan fingerprint density at radius 2 is 1.59 bits per heavy atom. The van der Waals surface area contributed by atoms with Gasteiger partial charge < -0.3 is 5.11 Å². The van der Waals surface area contributed by atoms with Gasteiger partial charge in [0.25, 0.3) is 5.56 Å². The molecule has 5 aromatic rings. The van der Waals surface area contributed by atoms with E-state index in [9.17, 15) is 15.2 Å². The molecule has 5 rings (SSSR count). The van der Waals surface area contributed by atoms with Crippen LogP contribution in [-0.2, 0) is 6.54 Å². The van der Waals surface area contributed by atoms with E-state index in [1.807, 2.05) is 85.8 Å². The van der Waals surface area contributed by atoms with Crippen LogP contribution in [0.3, 0.4) is 0 Å². The number of hydrogen-bond donors (Lipinski definition) is 1. The molecular formula is C29H21N3O2. The lowest BCUT2D eigenvalue weighted by atomic mass is 9.99. The summed E-state index contributed by atoms with van der Waals surface area (Å²) in [6, 6.07) is 30.3. The van der Waals surface area contributed by atoms with Crippen LogP contribution in [0.1, 0.15) is 16.8 Å². The first-order chi connectivity index (χ1) is 16.6. The van der Waals surface area contributed by atoms with Gasteiger partial charge >= 0.3 is 0 Å². The third kappa shape index (κ3) is 3.72. The normalized spacial score (nSPS) is 10.8. The Morgan fingerprint density at radius 3 is 2.32 bits per heavy atom. The van der Waals surface area contributed by atoms with E-state index in [0.29, 0.717) is 28.7 Å². The zero-order chi connectivity index (χ0) is 23.7. The standard InChI is InChI=1S/C29H21N3O2/c1-19-11-16-25-27(33)26(22-7-3-2-4-8-22)29(34)32(28(25)31-19)18-20-12-14-21(15-13-20)24-10-6-5-9-23(24)17-30/h2-16,33H,18H2,1H3. The Bertz CT molecular complexity index is 1610. The molecule has 0 aliphatic rings. The van der Waals surface area contributed by atoms with Crippen molar-refractivity contribution in [3.8, 4) is 34.1 Å². The summed E-state index contributed by atoms with van der Waals surface area (Å²) >= 11 is 0. The van der Waals surface area contributed by atoms with Crippen molar-refractivity contribution in [2.75, 3.05) is 0 Å². The van der Waals surface area contributed by atoms with Crippen molar-refractivity contribution in [1.82, 2.24) is 9.55 Å². The van der Waals surface area contributed by atoms with Gasteiger partial charge in [-0.3, -0.25) is 9.36 Å². The van der Waals surface area contributed by atoms with Crippen molar-refractivity contribution in [1.29, 1.82) is 5.26 Å². The number of aryl methyl sites for hydroxylation is 1. The van der Waals surface area contributed by atoms with Gasteiger partial charge in [0.1, 0.15) is 11.4 Å². The Kier molecular flexibility index (Phi) is 5.41. The topological polar surface area (TPSA) is 78.9 Å². The Labute approximate surface area is 196 Å². The molecule has 0 unspecified atom stereocenters. The molecule has 0 aliphatic carbocycles. The van der Waals surface area contributed by atoms with Crippen LogP contribution in [-0.4, -0.2) is 14.7 Å². The minimum Gasteiger partial charge on any atom is -0.506 e. The van der Waals surface area contributed by atoms with E-state index in [4.69, 9.17) is 0 Å². The van der Waals surface area contributed by atoms with Crippen molar-refractivity contribution >= 4 is 11.0 Å². The number of fused-ring (bicyclic) bond motifs is 1. The highest BCUT2D eigenvalue weighted by atomic mass is 16.3. The molecule has 164 valence electrons. The minimum absolute atomic E-state index is 0.0570. The molecule has 3 aromatic carbocycles. The molecule has 1 N–H and O–H groups in total. The number of benzene rings is 3. The van der Waals surface area contributed by atoms with Gasteiger partial charge in [-0.1, -0.05) is 72.8 Å². The highest BCUT2D eigenvalue weighted by molar-refractivity contribution is 5.90. The first-order valence-electron chi connectivity index (χ1n) is 10.9. The second-order valence-corrected chi connectivity index (χ2v) is 8.16. The number of nitrogens with zero attached hydrogens (tertiary/aromatic N) is 3. The van der Waals surface area contributed by atoms with Gasteiger partial charge in [0, 0.05) is 5.69 Å². The quantitative estimate of drug-likeness (QED) is 0.388. The van der Waals surface area contributed by atoms with E-state index in [1.54, 1.807) is 16.7 Å². The first kappa shape index (κ1) is 21.2. The third-order valence-corrected chi connectivity index (χ3v) is 5.94. The maximum absolute atomic E-state index is 13.6. The molecule has 5 heteroatoms. The number of rotatable bonds is 4. The molecule has 0 fully saturated rings. The summed E-state index contributed by atoms with van der Waals surface area (Å²) < 4.78 is 1.61. The molecule has 0 aliphatic heterocycles. The lowest BCUT2D eigenvalue weighted by molar-refractivity contribution is 0.481. The summed E-state index contributed by atoms with van der Waals surface area (Å²) in [6.07, 6.45) is 0. The number of aromatic hydroxyl groups is 1. The van der Waals surface area contributed by atoms with Crippen LogP contribution in [0.5, 0.6) is 5.75 Å². The van der Waals surface area contributed by atoms with Crippen LogP contribution in [0.4, 0.5) is 0 Å². The zero-order valence-corrected chi connectivity index (χ0v) is 18.6. The van der Waals surface area contributed by atoms with Crippen molar-refractivity contribution in [2.45, 2.75) is 13.5 Å². The second-order valence-electron chi connectivity index (χ2n) is 8.16. The van der Waals surface area contributed by atoms with Crippen molar-refractivity contribution in [3.63, 3.8) is 0 Å². The zero-order valence-electron chi connectivity index (χ0n) is 18.6. The summed E-state index contributed by atoms with van der Waals surface area (Å²) in [5.74, 6) is -0.0570. The van der Waals surface area contributed by atoms with E-state index >= 15 is 0 Å². The largest absolute Gasteiger partial charge is 0.506 e. The van der Waals surface area contributed by atoms with Crippen molar-refractivity contribution in [3.05, 3.63) is 118 Å². The van der Waals surface area contributed by atoms with Crippen LogP contribution in [0.15, 0.2) is 95.8 Å². The van der Waals surface area contributed by atoms with Crippen LogP contribution >= 0.6 is 0 Å². The molecular weight excluding hydrogens is 422 g/mol. The Balaban J connectivity index is 1.64. The second kappa shape index (κ2) is 8.68. The third-order valence-electron chi connectivity index (χ3n) is 5.94. The average molecular weight is 444 g/mol. The molecule has 0 saturated heterocycles. The van der Waals surface area contributed by atoms with Crippen molar-refractivity contribution < 1.29 is 5.11 Å². The molecule has 0 bridgehead atoms. The van der Waals surface area contributed by atoms with E-state index in [1.165, 1.54) is 0 Å². The molecule has 0 amide bonds. The molecule has 2 aromatic heterocycles. The van der Waals surface area contributed by atoms with E-state index < -0.39 is 0 Å². The Morgan fingerprint density at radius 1 is 0.882 bits per heavy atom. The lowest BCUT2D eigenvalue weighted by Gasteiger charge is -2.15. The monoisotopic (exact) mass is 443 g/mol. The summed E-state index contributed by atoms with van der Waals surface area (Å²) in [4.78, 5) is 18.2. The summed E-state index contributed by atoms with van der Waals surface area (Å²) in [5, 5.41) is 20.9. The van der Waals surface area contributed by atoms with E-state index in [0.717, 1.165) is 22.4 Å². The van der Waals surface area contributed by atoms with Gasteiger partial charge in [0.05, 0.1) is 29.1 Å². The fraction of sp³-hybridized carbons (Fsp3) is 0.0690. The van der Waals surface area contributed by atoms with Gasteiger partial charge in [-0.15, -0.1) is 0 Å². The molecule has 34 heavy (non-hydrogen) atoms. The first-order valence-corrected chi connectivity index (χ1v) is 10.9. The van der Waals surface area contributed by atoms with Gasteiger partial charge in [0.2, 0.25) is 0 Å². The highest BCUT2D eigenvalue weighted by Crippen LogP contribution is 2.33. The molecule has 0 spiro atoms. The number of hydrogen-bond acceptors (Lipinski definition) is 4. The fourth-order valence-corrected chi connectivity index (χ4v) is 4.22. The van der Waals surface area contributed by atoms with E-state index in [2.05, 4.69) is 11.1 Å². The Hall–Kier alpha value is -4.69. The smallest absolute Gasteiger partial charge is 0.264 e. The molecule has 2 heterocycles. The van der Waals surface area contributed by atoms with Gasteiger partial charge in [-0.25, -0.2) is 4.98 Å². The molecule has 0 saturated carbocycles. The van der Waals surface area contributed by atoms with Crippen molar-refractivity contribution in [2.24, 2.45) is 0 Å². The fourth-order valence-electron chi connectivity index (χ4n) is 4.22. The SMILES string of the molecule is Cc1ccc2c(O)c(-c3ccccc3)c(=O)n(Cc3ccc(-c4ccccc4C#N)cc3)c2n1. The van der Waals surface area contributed by atoms with Crippen LogP contribution in [0.2, 0.25) is 0 Å². The molecule has 0 atom stereocenters. The highest BCUT2D eigenvalue weighted by Gasteiger charge is 2.19. The average Bonchev–Trinajstić information content (AvgIpc) is 2.87. The van der Waals surface area contributed by atoms with Gasteiger partial charge in [-0.2, -0.15) is 5.26 Å². The molecule has 0 radical (unpaired) electrons. The molecule has 5 nitrogen and oxygen atoms in total. The van der Waals surface area contributed by atoms with E-state index in [-0.39, 0.29) is 16.9 Å².